The molecule has 2 aliphatic carbocycles. The highest BCUT2D eigenvalue weighted by atomic mass is 32.2. The van der Waals surface area contributed by atoms with Gasteiger partial charge in [0.05, 0.1) is 26.0 Å². The van der Waals surface area contributed by atoms with Crippen molar-refractivity contribution in [2.75, 3.05) is 53.0 Å². The molecule has 4 aromatic rings. The average Bonchev–Trinajstić information content (AvgIpc) is 3.75. The molecule has 4 aliphatic heterocycles. The largest absolute Gasteiger partial charge is 0.497 e. The van der Waals surface area contributed by atoms with Crippen molar-refractivity contribution in [2.24, 2.45) is 5.92 Å². The number of likely N-dealkylation sites (tertiary alicyclic amines) is 1. The first kappa shape index (κ1) is 38.4. The van der Waals surface area contributed by atoms with E-state index in [9.17, 15) is 13.2 Å². The number of rotatable bonds is 9. The van der Waals surface area contributed by atoms with Gasteiger partial charge in [-0.3, -0.25) is 9.69 Å². The van der Waals surface area contributed by atoms with Gasteiger partial charge in [-0.1, -0.05) is 55.7 Å². The number of nitrogens with zero attached hydrogens (tertiary/aromatic N) is 4. The van der Waals surface area contributed by atoms with E-state index in [4.69, 9.17) is 9.47 Å². The SMILES string of the molecule is COc1ccc2c(c1)C1CC1(S(=O)(=O)N1CCCC3CN(Cc4ccccc4)CC31)Cn1c-2c(C2CCCCC2)c2ccc(C(=O)NS(=O)(=O)N3CCOCC3)cc21. The van der Waals surface area contributed by atoms with Crippen molar-refractivity contribution in [2.45, 2.75) is 87.1 Å². The van der Waals surface area contributed by atoms with Gasteiger partial charge in [-0.2, -0.15) is 17.0 Å². The number of morpholine rings is 1. The lowest BCUT2D eigenvalue weighted by molar-refractivity contribution is 0.0719. The number of benzene rings is 3. The van der Waals surface area contributed by atoms with E-state index in [0.29, 0.717) is 25.3 Å². The number of amides is 1. The number of piperidine rings is 1. The quantitative estimate of drug-likeness (QED) is 0.223. The molecule has 10 rings (SSSR count). The van der Waals surface area contributed by atoms with E-state index in [0.717, 1.165) is 79.3 Å². The number of nitrogens with one attached hydrogen (secondary N) is 1. The summed E-state index contributed by atoms with van der Waals surface area (Å²) in [6.07, 6.45) is 7.82. The normalized spacial score (nSPS) is 26.9. The fraction of sp³-hybridized carbons (Fsp3) is 0.523. The first-order valence-corrected chi connectivity index (χ1v) is 24.0. The van der Waals surface area contributed by atoms with E-state index in [1.165, 1.54) is 21.9 Å². The van der Waals surface area contributed by atoms with Crippen LogP contribution in [0.1, 0.15) is 90.3 Å². The molecule has 4 unspecified atom stereocenters. The summed E-state index contributed by atoms with van der Waals surface area (Å²) >= 11 is 0. The summed E-state index contributed by atoms with van der Waals surface area (Å²) in [6, 6.07) is 21.9. The van der Waals surface area contributed by atoms with Crippen LogP contribution in [0.25, 0.3) is 22.2 Å². The van der Waals surface area contributed by atoms with E-state index in [2.05, 4.69) is 50.6 Å². The molecule has 1 N–H and O–H groups in total. The topological polar surface area (TPSA) is 130 Å². The van der Waals surface area contributed by atoms with Gasteiger partial charge in [-0.25, -0.2) is 13.1 Å². The Morgan fingerprint density at radius 3 is 2.47 bits per heavy atom. The number of methoxy groups -OCH3 is 1. The molecule has 0 bridgehead atoms. The first-order valence-electron chi connectivity index (χ1n) is 21.1. The van der Waals surface area contributed by atoms with Crippen molar-refractivity contribution in [1.29, 1.82) is 0 Å². The second-order valence-corrected chi connectivity index (χ2v) is 21.3. The van der Waals surface area contributed by atoms with Crippen molar-refractivity contribution in [3.05, 3.63) is 89.0 Å². The van der Waals surface area contributed by atoms with Gasteiger partial charge in [-0.15, -0.1) is 0 Å². The summed E-state index contributed by atoms with van der Waals surface area (Å²) in [5, 5.41) is 0.994. The summed E-state index contributed by atoms with van der Waals surface area (Å²) < 4.78 is 75.6. The maximum absolute atomic E-state index is 15.7. The molecule has 58 heavy (non-hydrogen) atoms. The Hall–Kier alpha value is -3.79. The Morgan fingerprint density at radius 2 is 1.69 bits per heavy atom. The van der Waals surface area contributed by atoms with Crippen molar-refractivity contribution in [1.82, 2.24) is 22.8 Å². The Kier molecular flexibility index (Phi) is 9.76. The highest BCUT2D eigenvalue weighted by Crippen LogP contribution is 2.64. The van der Waals surface area contributed by atoms with Gasteiger partial charge in [-0.05, 0) is 91.0 Å². The molecule has 308 valence electrons. The second kappa shape index (κ2) is 14.7. The molecule has 0 radical (unpaired) electrons. The first-order chi connectivity index (χ1) is 28.1. The highest BCUT2D eigenvalue weighted by molar-refractivity contribution is 7.91. The number of hydrogen-bond donors (Lipinski definition) is 1. The molecule has 4 atom stereocenters. The molecule has 1 aromatic heterocycles. The zero-order chi connectivity index (χ0) is 39.8. The Labute approximate surface area is 341 Å². The van der Waals surface area contributed by atoms with E-state index < -0.39 is 30.9 Å². The lowest BCUT2D eigenvalue weighted by Crippen LogP contribution is -2.53. The van der Waals surface area contributed by atoms with Crippen LogP contribution in [0.2, 0.25) is 0 Å². The number of ether oxygens (including phenoxy) is 2. The van der Waals surface area contributed by atoms with Gasteiger partial charge < -0.3 is 14.0 Å². The van der Waals surface area contributed by atoms with Gasteiger partial charge in [0.2, 0.25) is 10.0 Å². The molecule has 6 aliphatic rings. The van der Waals surface area contributed by atoms with Crippen LogP contribution in [0, 0.1) is 5.92 Å². The molecular weight excluding hydrogens is 775 g/mol. The number of hydrogen-bond acceptors (Lipinski definition) is 8. The van der Waals surface area contributed by atoms with E-state index in [1.54, 1.807) is 19.2 Å². The lowest BCUT2D eigenvalue weighted by atomic mass is 9.81. The molecule has 12 nitrogen and oxygen atoms in total. The minimum absolute atomic E-state index is 0.0893. The molecule has 3 aromatic carbocycles. The third-order valence-corrected chi connectivity index (χ3v) is 18.3. The summed E-state index contributed by atoms with van der Waals surface area (Å²) in [7, 11) is -6.30. The Morgan fingerprint density at radius 1 is 0.897 bits per heavy atom. The molecule has 5 heterocycles. The van der Waals surface area contributed by atoms with Gasteiger partial charge in [0.15, 0.2) is 0 Å². The summed E-state index contributed by atoms with van der Waals surface area (Å²) in [4.78, 5) is 16.3. The monoisotopic (exact) mass is 827 g/mol. The number of fused-ring (bicyclic) bond motifs is 8. The third-order valence-electron chi connectivity index (χ3n) is 14.1. The predicted octanol–water partition coefficient (Wildman–Crippen LogP) is 5.84. The van der Waals surface area contributed by atoms with Crippen LogP contribution in [0.5, 0.6) is 5.75 Å². The summed E-state index contributed by atoms with van der Waals surface area (Å²) in [5.74, 6) is 0.294. The van der Waals surface area contributed by atoms with E-state index >= 15 is 8.42 Å². The molecule has 1 amide bonds. The van der Waals surface area contributed by atoms with Gasteiger partial charge in [0, 0.05) is 79.8 Å². The van der Waals surface area contributed by atoms with Crippen LogP contribution in [-0.2, 0) is 38.1 Å². The van der Waals surface area contributed by atoms with E-state index in [1.807, 2.05) is 22.5 Å². The minimum Gasteiger partial charge on any atom is -0.497 e. The van der Waals surface area contributed by atoms with Crippen molar-refractivity contribution in [3.63, 3.8) is 0 Å². The highest BCUT2D eigenvalue weighted by Gasteiger charge is 2.68. The molecule has 0 spiro atoms. The standard InChI is InChI=1S/C44H53N5O7S2/c1-55-34-15-17-35-37(24-34)38-25-44(38,57(51,52)49-18-8-13-33-27-46(28-40(33)49)26-30-9-4-2-5-10-30)29-48-39-23-32(43(50)45-58(53,54)47-19-21-56-22-20-47)14-16-36(39)41(42(35)48)31-11-6-3-7-12-31/h2,4-5,9-10,14-17,23-24,31,33,38,40H,3,6-8,11-13,18-22,25-29H2,1H3,(H,45,50). The maximum atomic E-state index is 15.7. The zero-order valence-corrected chi connectivity index (χ0v) is 34.8. The summed E-state index contributed by atoms with van der Waals surface area (Å²) in [6.45, 7) is 4.02. The third kappa shape index (κ3) is 6.40. The maximum Gasteiger partial charge on any atom is 0.304 e. The predicted molar refractivity (Wildman–Crippen MR) is 222 cm³/mol. The van der Waals surface area contributed by atoms with Crippen LogP contribution in [0.4, 0.5) is 0 Å². The fourth-order valence-corrected chi connectivity index (χ4v) is 14.9. The van der Waals surface area contributed by atoms with Gasteiger partial charge >= 0.3 is 10.2 Å². The number of aromatic nitrogens is 1. The van der Waals surface area contributed by atoms with Crippen LogP contribution < -0.4 is 9.46 Å². The molecule has 14 heteroatoms. The fourth-order valence-electron chi connectivity index (χ4n) is 11.2. The zero-order valence-electron chi connectivity index (χ0n) is 33.1. The number of carbonyl (C=O) groups is 1. The van der Waals surface area contributed by atoms with Crippen molar-refractivity contribution >= 4 is 37.0 Å². The van der Waals surface area contributed by atoms with Crippen LogP contribution >= 0.6 is 0 Å². The summed E-state index contributed by atoms with van der Waals surface area (Å²) in [5.41, 5.74) is 6.46. The van der Waals surface area contributed by atoms with Gasteiger partial charge in [0.25, 0.3) is 5.91 Å². The Balaban J connectivity index is 1.08. The Bertz CT molecular complexity index is 2460. The van der Waals surface area contributed by atoms with E-state index in [-0.39, 0.29) is 62.2 Å². The molecular formula is C44H53N5O7S2. The van der Waals surface area contributed by atoms with Crippen molar-refractivity contribution in [3.8, 4) is 17.0 Å². The number of carbonyl (C=O) groups excluding carboxylic acids is 1. The number of sulfonamides is 1. The lowest BCUT2D eigenvalue weighted by Gasteiger charge is -2.38. The average molecular weight is 828 g/mol. The van der Waals surface area contributed by atoms with Gasteiger partial charge in [0.1, 0.15) is 10.5 Å². The van der Waals surface area contributed by atoms with Crippen LogP contribution in [0.15, 0.2) is 66.7 Å². The van der Waals surface area contributed by atoms with Crippen LogP contribution in [-0.4, -0.2) is 105 Å². The van der Waals surface area contributed by atoms with Crippen LogP contribution in [0.3, 0.4) is 0 Å². The molecule has 5 fully saturated rings. The smallest absolute Gasteiger partial charge is 0.304 e. The molecule has 3 saturated heterocycles. The molecule has 2 saturated carbocycles. The second-order valence-electron chi connectivity index (χ2n) is 17.4. The van der Waals surface area contributed by atoms with Crippen molar-refractivity contribution < 1.29 is 31.1 Å². The minimum atomic E-state index is -4.09.